The third-order valence-corrected chi connectivity index (χ3v) is 4.38. The van der Waals surface area contributed by atoms with Gasteiger partial charge in [0.1, 0.15) is 5.69 Å². The molecule has 0 bridgehead atoms. The summed E-state index contributed by atoms with van der Waals surface area (Å²) in [5, 5.41) is 8.17. The number of ketones is 1. The van der Waals surface area contributed by atoms with E-state index in [0.29, 0.717) is 35.1 Å². The number of hydrogen-bond acceptors (Lipinski definition) is 5. The standard InChI is InChI=1S/C18H19BrN4O2.ClH/c1-10-15(17(24)12-6-5-7-13(19)8-12)11(2)20-16(10)18-22-21-14(25-18)9-23(3)4;/h5-8,20H,9H2,1-4H3;1H. The van der Waals surface area contributed by atoms with E-state index >= 15 is 0 Å². The third-order valence-electron chi connectivity index (χ3n) is 3.88. The van der Waals surface area contributed by atoms with E-state index in [1.54, 1.807) is 6.07 Å². The molecule has 0 unspecified atom stereocenters. The van der Waals surface area contributed by atoms with E-state index < -0.39 is 0 Å². The highest BCUT2D eigenvalue weighted by molar-refractivity contribution is 9.10. The molecule has 0 aliphatic heterocycles. The van der Waals surface area contributed by atoms with Crippen LogP contribution in [0.25, 0.3) is 11.6 Å². The molecule has 8 heteroatoms. The van der Waals surface area contributed by atoms with Crippen LogP contribution in [0.15, 0.2) is 33.2 Å². The second kappa shape index (κ2) is 8.16. The van der Waals surface area contributed by atoms with Crippen molar-refractivity contribution in [2.24, 2.45) is 0 Å². The average molecular weight is 440 g/mol. The second-order valence-electron chi connectivity index (χ2n) is 6.20. The number of carbonyl (C=O) groups excluding carboxylic acids is 1. The number of aromatic amines is 1. The molecular formula is C18H20BrClN4O2. The first-order valence-electron chi connectivity index (χ1n) is 7.83. The second-order valence-corrected chi connectivity index (χ2v) is 7.12. The fourth-order valence-corrected chi connectivity index (χ4v) is 3.17. The van der Waals surface area contributed by atoms with Crippen molar-refractivity contribution >= 4 is 34.1 Å². The molecule has 0 fully saturated rings. The van der Waals surface area contributed by atoms with Crippen LogP contribution in [0.2, 0.25) is 0 Å². The maximum absolute atomic E-state index is 12.9. The SMILES string of the molecule is Cc1[nH]c(-c2nnc(CN(C)C)o2)c(C)c1C(=O)c1cccc(Br)c1.Cl. The molecule has 3 aromatic rings. The highest BCUT2D eigenvalue weighted by Gasteiger charge is 2.23. The number of nitrogens with zero attached hydrogens (tertiary/aromatic N) is 3. The van der Waals surface area contributed by atoms with Crippen LogP contribution in [-0.2, 0) is 6.54 Å². The lowest BCUT2D eigenvalue weighted by atomic mass is 10.00. The van der Waals surface area contributed by atoms with Gasteiger partial charge >= 0.3 is 0 Å². The molecule has 1 aromatic carbocycles. The fraction of sp³-hybridized carbons (Fsp3) is 0.278. The van der Waals surface area contributed by atoms with Gasteiger partial charge in [0.05, 0.1) is 6.54 Å². The summed E-state index contributed by atoms with van der Waals surface area (Å²) < 4.78 is 6.59. The van der Waals surface area contributed by atoms with Crippen molar-refractivity contribution in [3.05, 3.63) is 57.0 Å². The Labute approximate surface area is 166 Å². The minimum absolute atomic E-state index is 0. The van der Waals surface area contributed by atoms with E-state index in [0.717, 1.165) is 15.7 Å². The van der Waals surface area contributed by atoms with E-state index in [4.69, 9.17) is 4.42 Å². The van der Waals surface area contributed by atoms with Crippen molar-refractivity contribution in [2.75, 3.05) is 14.1 Å². The Morgan fingerprint density at radius 3 is 2.65 bits per heavy atom. The molecule has 0 atom stereocenters. The van der Waals surface area contributed by atoms with E-state index in [9.17, 15) is 4.79 Å². The van der Waals surface area contributed by atoms with Gasteiger partial charge in [0.25, 0.3) is 5.89 Å². The summed E-state index contributed by atoms with van der Waals surface area (Å²) in [5.41, 5.74) is 3.55. The van der Waals surface area contributed by atoms with Gasteiger partial charge in [0, 0.05) is 21.3 Å². The molecule has 0 amide bonds. The zero-order valence-electron chi connectivity index (χ0n) is 15.0. The maximum Gasteiger partial charge on any atom is 0.264 e. The van der Waals surface area contributed by atoms with Crippen LogP contribution in [0.5, 0.6) is 0 Å². The van der Waals surface area contributed by atoms with Crippen molar-refractivity contribution in [3.8, 4) is 11.6 Å². The Hall–Kier alpha value is -1.96. The largest absolute Gasteiger partial charge is 0.418 e. The molecule has 6 nitrogen and oxygen atoms in total. The summed E-state index contributed by atoms with van der Waals surface area (Å²) in [6, 6.07) is 7.36. The molecule has 2 heterocycles. The van der Waals surface area contributed by atoms with Crippen LogP contribution < -0.4 is 0 Å². The van der Waals surface area contributed by atoms with E-state index in [1.807, 2.05) is 51.0 Å². The van der Waals surface area contributed by atoms with Crippen molar-refractivity contribution < 1.29 is 9.21 Å². The average Bonchev–Trinajstić information content (AvgIpc) is 3.10. The van der Waals surface area contributed by atoms with Gasteiger partial charge in [-0.1, -0.05) is 28.1 Å². The van der Waals surface area contributed by atoms with Crippen molar-refractivity contribution in [2.45, 2.75) is 20.4 Å². The lowest BCUT2D eigenvalue weighted by Gasteiger charge is -2.04. The van der Waals surface area contributed by atoms with Gasteiger partial charge in [0.15, 0.2) is 5.78 Å². The minimum atomic E-state index is -0.0353. The lowest BCUT2D eigenvalue weighted by Crippen LogP contribution is -2.10. The number of benzene rings is 1. The van der Waals surface area contributed by atoms with Gasteiger partial charge in [-0.25, -0.2) is 0 Å². The molecule has 26 heavy (non-hydrogen) atoms. The summed E-state index contributed by atoms with van der Waals surface area (Å²) >= 11 is 3.41. The van der Waals surface area contributed by atoms with Crippen LogP contribution in [0.4, 0.5) is 0 Å². The lowest BCUT2D eigenvalue weighted by molar-refractivity contribution is 0.103. The highest BCUT2D eigenvalue weighted by Crippen LogP contribution is 2.29. The zero-order chi connectivity index (χ0) is 18.1. The topological polar surface area (TPSA) is 75.0 Å². The van der Waals surface area contributed by atoms with Crippen LogP contribution >= 0.6 is 28.3 Å². The Morgan fingerprint density at radius 2 is 2.00 bits per heavy atom. The van der Waals surface area contributed by atoms with E-state index in [-0.39, 0.29) is 18.2 Å². The molecule has 0 saturated heterocycles. The number of rotatable bonds is 5. The normalized spacial score (nSPS) is 10.8. The smallest absolute Gasteiger partial charge is 0.264 e. The van der Waals surface area contributed by atoms with Crippen LogP contribution in [-0.4, -0.2) is 40.0 Å². The van der Waals surface area contributed by atoms with Gasteiger partial charge in [-0.15, -0.1) is 22.6 Å². The molecule has 1 N–H and O–H groups in total. The maximum atomic E-state index is 12.9. The summed E-state index contributed by atoms with van der Waals surface area (Å²) in [6.07, 6.45) is 0. The summed E-state index contributed by atoms with van der Waals surface area (Å²) in [5.74, 6) is 0.893. The predicted octanol–water partition coefficient (Wildman–Crippen LogP) is 4.16. The summed E-state index contributed by atoms with van der Waals surface area (Å²) in [7, 11) is 3.87. The first kappa shape index (κ1) is 20.4. The predicted molar refractivity (Wildman–Crippen MR) is 106 cm³/mol. The quantitative estimate of drug-likeness (QED) is 0.604. The molecule has 138 valence electrons. The number of aryl methyl sites for hydroxylation is 1. The molecular weight excluding hydrogens is 420 g/mol. The van der Waals surface area contributed by atoms with Crippen molar-refractivity contribution in [1.29, 1.82) is 0 Å². The molecule has 0 aliphatic carbocycles. The first-order valence-corrected chi connectivity index (χ1v) is 8.63. The Balaban J connectivity index is 0.00000243. The molecule has 2 aromatic heterocycles. The van der Waals surface area contributed by atoms with Crippen molar-refractivity contribution in [1.82, 2.24) is 20.1 Å². The highest BCUT2D eigenvalue weighted by atomic mass is 79.9. The molecule has 3 rings (SSSR count). The number of H-pyrrole nitrogens is 1. The van der Waals surface area contributed by atoms with Gasteiger partial charge < -0.3 is 14.3 Å². The van der Waals surface area contributed by atoms with E-state index in [1.165, 1.54) is 0 Å². The van der Waals surface area contributed by atoms with Gasteiger partial charge in [-0.3, -0.25) is 4.79 Å². The Morgan fingerprint density at radius 1 is 1.27 bits per heavy atom. The van der Waals surface area contributed by atoms with Gasteiger partial charge in [-0.2, -0.15) is 0 Å². The fourth-order valence-electron chi connectivity index (χ4n) is 2.77. The molecule has 0 radical (unpaired) electrons. The third kappa shape index (κ3) is 4.06. The van der Waals surface area contributed by atoms with Crippen LogP contribution in [0.3, 0.4) is 0 Å². The Kier molecular flexibility index (Phi) is 6.39. The number of hydrogen-bond donors (Lipinski definition) is 1. The molecule has 0 saturated carbocycles. The van der Waals surface area contributed by atoms with Gasteiger partial charge in [-0.05, 0) is 45.6 Å². The van der Waals surface area contributed by atoms with Crippen LogP contribution in [0, 0.1) is 13.8 Å². The first-order chi connectivity index (χ1) is 11.9. The van der Waals surface area contributed by atoms with E-state index in [2.05, 4.69) is 31.1 Å². The monoisotopic (exact) mass is 438 g/mol. The Bertz CT molecular complexity index is 933. The molecule has 0 aliphatic rings. The number of carbonyl (C=O) groups is 1. The number of nitrogens with one attached hydrogen (secondary N) is 1. The summed E-state index contributed by atoms with van der Waals surface area (Å²) in [4.78, 5) is 18.1. The van der Waals surface area contributed by atoms with Gasteiger partial charge in [0.2, 0.25) is 5.89 Å². The van der Waals surface area contributed by atoms with Crippen molar-refractivity contribution in [3.63, 3.8) is 0 Å². The number of aromatic nitrogens is 3. The molecule has 0 spiro atoms. The summed E-state index contributed by atoms with van der Waals surface area (Å²) in [6.45, 7) is 4.33. The number of halogens is 2. The van der Waals surface area contributed by atoms with Crippen LogP contribution in [0.1, 0.15) is 33.1 Å². The minimum Gasteiger partial charge on any atom is -0.418 e. The zero-order valence-corrected chi connectivity index (χ0v) is 17.4.